The van der Waals surface area contributed by atoms with Gasteiger partial charge < -0.3 is 23.9 Å². The monoisotopic (exact) mass is 732 g/mol. The van der Waals surface area contributed by atoms with Crippen molar-refractivity contribution in [1.82, 2.24) is 9.38 Å². The van der Waals surface area contributed by atoms with E-state index in [1.807, 2.05) is 48.5 Å². The van der Waals surface area contributed by atoms with Crippen molar-refractivity contribution in [2.75, 3.05) is 28.4 Å². The number of nitrogens with one attached hydrogen (secondary N) is 1. The Balaban J connectivity index is 1.34. The molecule has 0 atom stereocenters. The number of H-pyrrole nitrogens is 1. The molecular weight excluding hydrogens is 697 g/mol. The molecule has 4 aromatic carbocycles. The number of aromatic amines is 1. The molecule has 0 fully saturated rings. The molecule has 6 bridgehead atoms. The van der Waals surface area contributed by atoms with Crippen molar-refractivity contribution < 1.29 is 18.9 Å². The van der Waals surface area contributed by atoms with Crippen molar-refractivity contribution in [2.45, 2.75) is 0 Å². The molecule has 3 aromatic heterocycles. The Morgan fingerprint density at radius 1 is 0.482 bits per heavy atom. The summed E-state index contributed by atoms with van der Waals surface area (Å²) < 4.78 is 24.5. The van der Waals surface area contributed by atoms with Crippen LogP contribution in [0.2, 0.25) is 0 Å². The predicted molar refractivity (Wildman–Crippen MR) is 221 cm³/mol. The minimum atomic E-state index is 0.783. The Morgan fingerprint density at radius 3 is 1.54 bits per heavy atom. The smallest absolute Gasteiger partial charge is 0.146 e. The van der Waals surface area contributed by atoms with Gasteiger partial charge in [-0.3, -0.25) is 4.40 Å². The van der Waals surface area contributed by atoms with Gasteiger partial charge in [-0.2, -0.15) is 0 Å². The lowest BCUT2D eigenvalue weighted by Gasteiger charge is -2.12. The van der Waals surface area contributed by atoms with Gasteiger partial charge in [-0.05, 0) is 113 Å². The van der Waals surface area contributed by atoms with E-state index >= 15 is 0 Å². The van der Waals surface area contributed by atoms with Crippen molar-refractivity contribution in [2.24, 2.45) is 9.98 Å². The predicted octanol–water partition coefficient (Wildman–Crippen LogP) is 7.54. The zero-order valence-corrected chi connectivity index (χ0v) is 31.3. The minimum absolute atomic E-state index is 0.783. The van der Waals surface area contributed by atoms with Gasteiger partial charge in [0.25, 0.3) is 0 Å². The van der Waals surface area contributed by atoms with Crippen LogP contribution >= 0.6 is 0 Å². The normalized spacial score (nSPS) is 14.2. The quantitative estimate of drug-likeness (QED) is 0.175. The molecule has 56 heavy (non-hydrogen) atoms. The Bertz CT molecular complexity index is 3020. The van der Waals surface area contributed by atoms with Gasteiger partial charge in [0.05, 0.1) is 56.8 Å². The number of fused-ring (bicyclic) bond motifs is 4. The van der Waals surface area contributed by atoms with Crippen LogP contribution in [-0.2, 0) is 0 Å². The Morgan fingerprint density at radius 2 is 0.982 bits per heavy atom. The third-order valence-corrected chi connectivity index (χ3v) is 10.8. The number of benzene rings is 4. The maximum absolute atomic E-state index is 5.58. The fourth-order valence-electron chi connectivity index (χ4n) is 8.05. The van der Waals surface area contributed by atoms with Gasteiger partial charge in [0.15, 0.2) is 0 Å². The molecule has 8 heteroatoms. The first-order chi connectivity index (χ1) is 27.5. The van der Waals surface area contributed by atoms with Crippen LogP contribution in [0.5, 0.6) is 23.0 Å². The molecule has 0 aliphatic carbocycles. The number of aromatic nitrogens is 2. The highest BCUT2D eigenvalue weighted by molar-refractivity contribution is 6.30. The van der Waals surface area contributed by atoms with E-state index in [0.717, 1.165) is 118 Å². The molecule has 0 spiro atoms. The Labute approximate surface area is 323 Å². The second-order valence-corrected chi connectivity index (χ2v) is 13.7. The van der Waals surface area contributed by atoms with Crippen LogP contribution < -0.4 is 35.1 Å². The molecule has 272 valence electrons. The first-order valence-corrected chi connectivity index (χ1v) is 18.4. The summed E-state index contributed by atoms with van der Waals surface area (Å²) in [7, 11) is 6.74. The van der Waals surface area contributed by atoms with Crippen LogP contribution in [0, 0.1) is 0 Å². The van der Waals surface area contributed by atoms with Gasteiger partial charge in [0.2, 0.25) is 0 Å². The molecule has 3 aliphatic heterocycles. The average Bonchev–Trinajstić information content (AvgIpc) is 4.10. The fourth-order valence-corrected chi connectivity index (χ4v) is 8.05. The van der Waals surface area contributed by atoms with Crippen LogP contribution in [0.4, 0.5) is 0 Å². The van der Waals surface area contributed by atoms with E-state index in [-0.39, 0.29) is 0 Å². The van der Waals surface area contributed by atoms with Gasteiger partial charge in [0, 0.05) is 38.5 Å². The first kappa shape index (κ1) is 33.3. The number of nitrogens with zero attached hydrogens (tertiary/aromatic N) is 3. The number of methoxy groups -OCH3 is 4. The molecule has 1 N–H and O–H groups in total. The number of hydrogen-bond donors (Lipinski definition) is 1. The first-order valence-electron chi connectivity index (χ1n) is 18.4. The van der Waals surface area contributed by atoms with Crippen LogP contribution in [0.1, 0.15) is 27.9 Å². The molecule has 0 saturated heterocycles. The summed E-state index contributed by atoms with van der Waals surface area (Å²) in [5.41, 5.74) is 14.6. The van der Waals surface area contributed by atoms with Crippen molar-refractivity contribution in [3.63, 3.8) is 0 Å². The van der Waals surface area contributed by atoms with Gasteiger partial charge in [0.1, 0.15) is 28.5 Å². The standard InChI is InChI=1S/C48H36N4O4/c1-53-32-13-5-28(6-14-32)44-36-27-41-46(30-9-17-34(55-3)18-10-30)39-22-21-37(49-39)45(29-7-15-33(54-2)16-8-29)38-23-24-40(50-38)47(31-11-19-35(56-4)20-12-31)43-26-25-42(44)52(43)48(36)51-41/h5-27,49H,1-4H3. The number of rotatable bonds is 8. The summed E-state index contributed by atoms with van der Waals surface area (Å²) in [5, 5.41) is 1.86. The maximum Gasteiger partial charge on any atom is 0.146 e. The Hall–Kier alpha value is -7.32. The van der Waals surface area contributed by atoms with Crippen LogP contribution in [0.3, 0.4) is 0 Å². The van der Waals surface area contributed by atoms with Gasteiger partial charge in [-0.15, -0.1) is 0 Å². The lowest BCUT2D eigenvalue weighted by atomic mass is 9.99. The summed E-state index contributed by atoms with van der Waals surface area (Å²) in [5.74, 6) is 3.16. The zero-order chi connectivity index (χ0) is 37.9. The molecule has 3 aliphatic rings. The molecular formula is C48H36N4O4. The van der Waals surface area contributed by atoms with Crippen molar-refractivity contribution in [3.8, 4) is 34.1 Å². The Kier molecular flexibility index (Phi) is 7.85. The lowest BCUT2D eigenvalue weighted by molar-refractivity contribution is 0.414. The highest BCUT2D eigenvalue weighted by Crippen LogP contribution is 2.40. The molecule has 7 aromatic rings. The zero-order valence-electron chi connectivity index (χ0n) is 31.3. The highest BCUT2D eigenvalue weighted by Gasteiger charge is 2.28. The SMILES string of the molecule is COc1ccc(C2=C3C=CC(=N3)C(c3ccc(OC)cc3)=c3ccc([nH]3)=C(c3ccc(OC)cc3)C3=Cc4c(-c5ccc(OC)cc5)c5ccc2n5c4=N3)cc1. The molecule has 0 saturated carbocycles. The van der Waals surface area contributed by atoms with E-state index in [9.17, 15) is 0 Å². The average molecular weight is 733 g/mol. The molecule has 0 unspecified atom stereocenters. The largest absolute Gasteiger partial charge is 0.497 e. The summed E-state index contributed by atoms with van der Waals surface area (Å²) in [4.78, 5) is 14.8. The summed E-state index contributed by atoms with van der Waals surface area (Å²) in [6, 6.07) is 41.4. The minimum Gasteiger partial charge on any atom is -0.497 e. The van der Waals surface area contributed by atoms with E-state index in [1.165, 1.54) is 0 Å². The van der Waals surface area contributed by atoms with Crippen molar-refractivity contribution >= 4 is 34.0 Å². The van der Waals surface area contributed by atoms with E-state index in [4.69, 9.17) is 28.9 Å². The van der Waals surface area contributed by atoms with Gasteiger partial charge >= 0.3 is 0 Å². The second-order valence-electron chi connectivity index (χ2n) is 13.7. The number of allylic oxidation sites excluding steroid dienone is 3. The number of aliphatic imine (C=N–C) groups is 1. The molecule has 8 nitrogen and oxygen atoms in total. The van der Waals surface area contributed by atoms with Crippen LogP contribution in [0.15, 0.2) is 155 Å². The fraction of sp³-hybridized carbons (Fsp3) is 0.0833. The van der Waals surface area contributed by atoms with E-state index in [0.29, 0.717) is 0 Å². The molecule has 6 heterocycles. The van der Waals surface area contributed by atoms with Gasteiger partial charge in [-0.1, -0.05) is 48.5 Å². The molecule has 0 radical (unpaired) electrons. The summed E-state index contributed by atoms with van der Waals surface area (Å²) in [6.45, 7) is 0. The molecule has 0 amide bonds. The third-order valence-electron chi connectivity index (χ3n) is 10.8. The highest BCUT2D eigenvalue weighted by atomic mass is 16.5. The summed E-state index contributed by atoms with van der Waals surface area (Å²) >= 11 is 0. The topological polar surface area (TPSA) is 81.8 Å². The molecule has 10 rings (SSSR count). The maximum atomic E-state index is 5.58. The van der Waals surface area contributed by atoms with Crippen LogP contribution in [-0.4, -0.2) is 43.5 Å². The third kappa shape index (κ3) is 5.29. The van der Waals surface area contributed by atoms with E-state index < -0.39 is 0 Å². The van der Waals surface area contributed by atoms with Crippen LogP contribution in [0.25, 0.3) is 39.4 Å². The second kappa shape index (κ2) is 13.2. The number of hydrogen-bond acceptors (Lipinski definition) is 6. The van der Waals surface area contributed by atoms with E-state index in [1.54, 1.807) is 28.4 Å². The number of ether oxygens (including phenoxy) is 4. The van der Waals surface area contributed by atoms with Gasteiger partial charge in [-0.25, -0.2) is 9.98 Å². The van der Waals surface area contributed by atoms with E-state index in [2.05, 4.69) is 100 Å². The van der Waals surface area contributed by atoms with Crippen molar-refractivity contribution in [1.29, 1.82) is 0 Å². The van der Waals surface area contributed by atoms with Crippen molar-refractivity contribution in [3.05, 3.63) is 189 Å². The summed E-state index contributed by atoms with van der Waals surface area (Å²) in [6.07, 6.45) is 6.45. The lowest BCUT2D eigenvalue weighted by Crippen LogP contribution is -2.20.